The number of amides is 1. The molecule has 1 aliphatic carbocycles. The molecule has 0 saturated carbocycles. The van der Waals surface area contributed by atoms with Crippen molar-refractivity contribution in [2.24, 2.45) is 11.3 Å². The van der Waals surface area contributed by atoms with Crippen LogP contribution < -0.4 is 10.1 Å². The molecular weight excluding hydrogens is 412 g/mol. The molecule has 1 unspecified atom stereocenters. The third-order valence-corrected chi connectivity index (χ3v) is 7.56. The highest BCUT2D eigenvalue weighted by Gasteiger charge is 2.42. The summed E-state index contributed by atoms with van der Waals surface area (Å²) in [5, 5.41) is 3.22. The Kier molecular flexibility index (Phi) is 5.86. The van der Waals surface area contributed by atoms with E-state index in [4.69, 9.17) is 9.47 Å². The molecule has 0 radical (unpaired) electrons. The minimum Gasteiger partial charge on any atom is -0.491 e. The van der Waals surface area contributed by atoms with E-state index in [1.165, 1.54) is 22.3 Å². The first-order valence-electron chi connectivity index (χ1n) is 12.4. The number of hydrogen-bond donors (Lipinski definition) is 1. The second kappa shape index (κ2) is 8.68. The van der Waals surface area contributed by atoms with Crippen molar-refractivity contribution in [2.45, 2.75) is 65.2 Å². The number of benzene rings is 2. The Morgan fingerprint density at radius 2 is 1.76 bits per heavy atom. The van der Waals surface area contributed by atoms with Crippen LogP contribution in [0, 0.1) is 11.3 Å². The van der Waals surface area contributed by atoms with Crippen molar-refractivity contribution in [1.29, 1.82) is 0 Å². The van der Waals surface area contributed by atoms with E-state index in [9.17, 15) is 4.79 Å². The minimum atomic E-state index is -0.274. The minimum absolute atomic E-state index is 0.0292. The summed E-state index contributed by atoms with van der Waals surface area (Å²) in [7, 11) is 0. The van der Waals surface area contributed by atoms with Crippen LogP contribution in [0.15, 0.2) is 42.5 Å². The summed E-state index contributed by atoms with van der Waals surface area (Å²) in [6.07, 6.45) is 3.13. The van der Waals surface area contributed by atoms with Gasteiger partial charge in [0, 0.05) is 6.54 Å². The summed E-state index contributed by atoms with van der Waals surface area (Å²) in [5.74, 6) is 1.41. The molecule has 0 aromatic heterocycles. The number of carbonyl (C=O) groups is 1. The van der Waals surface area contributed by atoms with Crippen LogP contribution in [0.3, 0.4) is 0 Å². The molecule has 2 bridgehead atoms. The van der Waals surface area contributed by atoms with Crippen LogP contribution >= 0.6 is 0 Å². The molecule has 4 aliphatic rings. The Labute approximate surface area is 197 Å². The maximum absolute atomic E-state index is 12.9. The van der Waals surface area contributed by atoms with Crippen molar-refractivity contribution < 1.29 is 14.3 Å². The molecule has 3 aliphatic heterocycles. The van der Waals surface area contributed by atoms with E-state index in [2.05, 4.69) is 54.4 Å². The molecule has 1 N–H and O–H groups in total. The fourth-order valence-corrected chi connectivity index (χ4v) is 5.84. The molecule has 5 heteroatoms. The van der Waals surface area contributed by atoms with Crippen LogP contribution in [0.1, 0.15) is 57.7 Å². The lowest BCUT2D eigenvalue weighted by Gasteiger charge is -2.44. The number of piperidine rings is 3. The van der Waals surface area contributed by atoms with E-state index in [1.807, 2.05) is 26.0 Å². The van der Waals surface area contributed by atoms with E-state index in [0.717, 1.165) is 44.6 Å². The van der Waals surface area contributed by atoms with Gasteiger partial charge in [0.15, 0.2) is 0 Å². The van der Waals surface area contributed by atoms with Gasteiger partial charge < -0.3 is 14.8 Å². The fourth-order valence-electron chi connectivity index (χ4n) is 5.84. The van der Waals surface area contributed by atoms with Crippen molar-refractivity contribution in [1.82, 2.24) is 10.2 Å². The number of rotatable bonds is 5. The van der Waals surface area contributed by atoms with Gasteiger partial charge in [-0.15, -0.1) is 0 Å². The second-order valence-corrected chi connectivity index (χ2v) is 10.9. The van der Waals surface area contributed by atoms with E-state index in [-0.39, 0.29) is 29.8 Å². The number of hydrogen-bond acceptors (Lipinski definition) is 4. The summed E-state index contributed by atoms with van der Waals surface area (Å²) < 4.78 is 11.7. The highest BCUT2D eigenvalue weighted by atomic mass is 16.6. The number of nitrogens with one attached hydrogen (secondary N) is 1. The van der Waals surface area contributed by atoms with Crippen LogP contribution in [0.2, 0.25) is 0 Å². The van der Waals surface area contributed by atoms with E-state index in [1.54, 1.807) is 0 Å². The molecule has 1 amide bonds. The monoisotopic (exact) mass is 448 g/mol. The number of nitrogens with zero attached hydrogens (tertiary/aromatic N) is 1. The molecule has 2 atom stereocenters. The first-order valence-corrected chi connectivity index (χ1v) is 12.4. The van der Waals surface area contributed by atoms with Gasteiger partial charge in [-0.05, 0) is 91.9 Å². The zero-order valence-corrected chi connectivity index (χ0v) is 20.3. The highest BCUT2D eigenvalue weighted by Crippen LogP contribution is 2.46. The van der Waals surface area contributed by atoms with Gasteiger partial charge >= 0.3 is 6.09 Å². The molecule has 2 aromatic rings. The van der Waals surface area contributed by atoms with Crippen LogP contribution in [0.5, 0.6) is 5.75 Å². The van der Waals surface area contributed by atoms with Gasteiger partial charge in [0.05, 0.1) is 12.1 Å². The lowest BCUT2D eigenvalue weighted by Crippen LogP contribution is -2.53. The predicted octanol–water partition coefficient (Wildman–Crippen LogP) is 5.58. The van der Waals surface area contributed by atoms with E-state index in [0.29, 0.717) is 5.92 Å². The largest absolute Gasteiger partial charge is 0.491 e. The van der Waals surface area contributed by atoms with Crippen molar-refractivity contribution in [3.8, 4) is 16.9 Å². The quantitative estimate of drug-likeness (QED) is 0.648. The van der Waals surface area contributed by atoms with E-state index < -0.39 is 0 Å². The van der Waals surface area contributed by atoms with Gasteiger partial charge in [-0.2, -0.15) is 0 Å². The predicted molar refractivity (Wildman–Crippen MR) is 130 cm³/mol. The zero-order valence-electron chi connectivity index (χ0n) is 20.3. The lowest BCUT2D eigenvalue weighted by molar-refractivity contribution is -0.0348. The molecular formula is C28H36N2O3. The number of alkyl carbamates (subject to hydrolysis) is 1. The first-order chi connectivity index (χ1) is 15.8. The maximum atomic E-state index is 12.9. The number of ether oxygens (including phenoxy) is 2. The summed E-state index contributed by atoms with van der Waals surface area (Å²) >= 11 is 0. The van der Waals surface area contributed by atoms with Crippen molar-refractivity contribution in [3.05, 3.63) is 53.6 Å². The van der Waals surface area contributed by atoms with Crippen LogP contribution in [-0.4, -0.2) is 42.8 Å². The molecule has 33 heavy (non-hydrogen) atoms. The van der Waals surface area contributed by atoms with Crippen LogP contribution in [0.4, 0.5) is 4.79 Å². The SMILES string of the molecule is CC(C)Oc1ccc(-c2ccc3c(c2)CC(C)(C)C3NC(=O)O[C@@H]2CN3CCC2CC3)cc1. The van der Waals surface area contributed by atoms with Crippen molar-refractivity contribution in [2.75, 3.05) is 19.6 Å². The van der Waals surface area contributed by atoms with Gasteiger partial charge in [0.1, 0.15) is 11.9 Å². The van der Waals surface area contributed by atoms with Gasteiger partial charge in [0.25, 0.3) is 0 Å². The average molecular weight is 449 g/mol. The Morgan fingerprint density at radius 1 is 1.06 bits per heavy atom. The number of carbonyl (C=O) groups excluding carboxylic acids is 1. The fraction of sp³-hybridized carbons (Fsp3) is 0.536. The second-order valence-electron chi connectivity index (χ2n) is 10.9. The average Bonchev–Trinajstić information content (AvgIpc) is 3.03. The molecule has 3 saturated heterocycles. The normalized spacial score (nSPS) is 27.3. The summed E-state index contributed by atoms with van der Waals surface area (Å²) in [6, 6.07) is 14.8. The molecule has 5 nitrogen and oxygen atoms in total. The molecule has 3 fully saturated rings. The Bertz CT molecular complexity index is 1010. The third kappa shape index (κ3) is 4.61. The smallest absolute Gasteiger partial charge is 0.407 e. The summed E-state index contributed by atoms with van der Waals surface area (Å²) in [4.78, 5) is 15.3. The highest BCUT2D eigenvalue weighted by molar-refractivity contribution is 5.70. The lowest BCUT2D eigenvalue weighted by atomic mass is 9.85. The van der Waals surface area contributed by atoms with Crippen molar-refractivity contribution >= 4 is 6.09 Å². The van der Waals surface area contributed by atoms with Crippen LogP contribution in [-0.2, 0) is 11.2 Å². The molecule has 176 valence electrons. The third-order valence-electron chi connectivity index (χ3n) is 7.56. The van der Waals surface area contributed by atoms with Gasteiger partial charge in [-0.25, -0.2) is 4.79 Å². The van der Waals surface area contributed by atoms with Crippen molar-refractivity contribution in [3.63, 3.8) is 0 Å². The number of fused-ring (bicyclic) bond motifs is 4. The van der Waals surface area contributed by atoms with Gasteiger partial charge in [-0.1, -0.05) is 44.2 Å². The Balaban J connectivity index is 1.29. The van der Waals surface area contributed by atoms with Crippen LogP contribution in [0.25, 0.3) is 11.1 Å². The molecule has 2 aromatic carbocycles. The maximum Gasteiger partial charge on any atom is 0.407 e. The molecule has 3 heterocycles. The summed E-state index contributed by atoms with van der Waals surface area (Å²) in [6.45, 7) is 11.7. The Morgan fingerprint density at radius 3 is 2.39 bits per heavy atom. The van der Waals surface area contributed by atoms with E-state index >= 15 is 0 Å². The summed E-state index contributed by atoms with van der Waals surface area (Å²) in [5.41, 5.74) is 4.80. The molecule has 6 rings (SSSR count). The standard InChI is InChI=1S/C28H36N2O3/c1-18(2)32-23-8-5-19(6-9-23)21-7-10-24-22(15-21)16-28(3,4)26(24)29-27(31)33-25-17-30-13-11-20(25)12-14-30/h5-10,15,18,20,25-26H,11-14,16-17H2,1-4H3,(H,29,31)/t25-,26?/m1/s1. The van der Waals surface area contributed by atoms with Gasteiger partial charge in [0.2, 0.25) is 0 Å². The Hall–Kier alpha value is -2.53. The first kappa shape index (κ1) is 22.3. The molecule has 0 spiro atoms. The van der Waals surface area contributed by atoms with Gasteiger partial charge in [-0.3, -0.25) is 4.90 Å². The zero-order chi connectivity index (χ0) is 23.2. The topological polar surface area (TPSA) is 50.8 Å².